The van der Waals surface area contributed by atoms with Crippen LogP contribution in [0.1, 0.15) is 407 Å². The van der Waals surface area contributed by atoms with Crippen LogP contribution in [0, 0.1) is 5.92 Å². The molecule has 17 nitrogen and oxygen atoms in total. The quantitative estimate of drug-likeness (QED) is 0.0169. The van der Waals surface area contributed by atoms with Crippen LogP contribution in [0.25, 0.3) is 0 Å². The maximum Gasteiger partial charge on any atom is 0.472 e. The van der Waals surface area contributed by atoms with Crippen molar-refractivity contribution in [2.45, 2.75) is 425 Å². The fraction of sp³-hybridized carbons (Fsp3) is 0.901. The van der Waals surface area contributed by atoms with Crippen LogP contribution in [0.15, 0.2) is 24.3 Å². The van der Waals surface area contributed by atoms with Gasteiger partial charge in [0.25, 0.3) is 0 Å². The molecule has 0 aromatic carbocycles. The molecule has 19 heteroatoms. The van der Waals surface area contributed by atoms with E-state index in [4.69, 9.17) is 37.0 Å². The molecular weight excluding hydrogens is 1310 g/mol. The molecule has 100 heavy (non-hydrogen) atoms. The Morgan fingerprint density at radius 3 is 0.820 bits per heavy atom. The Labute approximate surface area is 612 Å². The molecule has 0 amide bonds. The Bertz CT molecular complexity index is 2000. The molecule has 5 atom stereocenters. The largest absolute Gasteiger partial charge is 0.472 e. The first-order chi connectivity index (χ1) is 48.5. The smallest absolute Gasteiger partial charge is 0.462 e. The molecule has 0 bridgehead atoms. The molecule has 0 saturated heterocycles. The molecule has 0 fully saturated rings. The van der Waals surface area contributed by atoms with Gasteiger partial charge in [-0.1, -0.05) is 354 Å². The lowest BCUT2D eigenvalue weighted by molar-refractivity contribution is -0.161. The van der Waals surface area contributed by atoms with Gasteiger partial charge in [0.05, 0.1) is 26.4 Å². The van der Waals surface area contributed by atoms with Crippen molar-refractivity contribution < 1.29 is 80.2 Å². The Kier molecular flexibility index (Phi) is 71.6. The van der Waals surface area contributed by atoms with Crippen molar-refractivity contribution in [3.8, 4) is 0 Å². The number of allylic oxidation sites excluding steroid dienone is 4. The van der Waals surface area contributed by atoms with Crippen molar-refractivity contribution in [2.75, 3.05) is 39.6 Å². The van der Waals surface area contributed by atoms with E-state index in [-0.39, 0.29) is 25.7 Å². The SMILES string of the molecule is CCCCCC/C=C\C=C/CCCCCCCC(=O)O[C@H](COC(=O)CCCCCCCCCCCCC)COP(=O)(O)OC[C@H](O)COP(=O)(O)OC[C@@H](COC(=O)CCCCCCCCCCCCCCCCCCC)OC(=O)CCCCCCCCCCCCCCCCC(C)C. The number of aliphatic hydroxyl groups is 1. The fourth-order valence-corrected chi connectivity index (χ4v) is 13.6. The molecule has 0 aliphatic heterocycles. The lowest BCUT2D eigenvalue weighted by Crippen LogP contribution is -2.30. The summed E-state index contributed by atoms with van der Waals surface area (Å²) in [5.74, 6) is -1.34. The highest BCUT2D eigenvalue weighted by molar-refractivity contribution is 7.47. The normalized spacial score (nSPS) is 14.0. The third-order valence-corrected chi connectivity index (χ3v) is 20.3. The van der Waals surface area contributed by atoms with Crippen molar-refractivity contribution in [1.29, 1.82) is 0 Å². The molecule has 0 radical (unpaired) electrons. The van der Waals surface area contributed by atoms with Crippen molar-refractivity contribution in [3.05, 3.63) is 24.3 Å². The second kappa shape index (κ2) is 73.4. The molecule has 0 saturated carbocycles. The van der Waals surface area contributed by atoms with Gasteiger partial charge in [0, 0.05) is 25.7 Å². The number of phosphoric acid groups is 2. The average molecular weight is 1460 g/mol. The van der Waals surface area contributed by atoms with Gasteiger partial charge < -0.3 is 33.8 Å². The summed E-state index contributed by atoms with van der Waals surface area (Å²) >= 11 is 0. The van der Waals surface area contributed by atoms with E-state index in [1.165, 1.54) is 218 Å². The van der Waals surface area contributed by atoms with Crippen LogP contribution >= 0.6 is 15.6 Å². The number of unbranched alkanes of at least 4 members (excludes halogenated alkanes) is 48. The summed E-state index contributed by atoms with van der Waals surface area (Å²) in [5.41, 5.74) is 0. The maximum absolute atomic E-state index is 13.1. The van der Waals surface area contributed by atoms with E-state index < -0.39 is 97.5 Å². The van der Waals surface area contributed by atoms with Gasteiger partial charge in [-0.3, -0.25) is 37.3 Å². The number of carbonyl (C=O) groups is 4. The highest BCUT2D eigenvalue weighted by Gasteiger charge is 2.30. The predicted octanol–water partition coefficient (Wildman–Crippen LogP) is 24.0. The summed E-state index contributed by atoms with van der Waals surface area (Å²) in [7, 11) is -9.93. The van der Waals surface area contributed by atoms with Gasteiger partial charge in [-0.15, -0.1) is 0 Å². The first-order valence-corrected chi connectivity index (χ1v) is 44.4. The van der Waals surface area contributed by atoms with Gasteiger partial charge in [0.1, 0.15) is 19.3 Å². The number of hydrogen-bond donors (Lipinski definition) is 3. The molecule has 0 aliphatic rings. The molecule has 0 aliphatic carbocycles. The zero-order valence-corrected chi connectivity index (χ0v) is 66.6. The number of rotatable bonds is 79. The summed E-state index contributed by atoms with van der Waals surface area (Å²) in [6.07, 6.45) is 67.3. The summed E-state index contributed by atoms with van der Waals surface area (Å²) in [5, 5.41) is 10.6. The lowest BCUT2D eigenvalue weighted by Gasteiger charge is -2.21. The van der Waals surface area contributed by atoms with Gasteiger partial charge in [-0.2, -0.15) is 0 Å². The Balaban J connectivity index is 5.28. The third-order valence-electron chi connectivity index (χ3n) is 18.4. The molecule has 0 aromatic rings. The summed E-state index contributed by atoms with van der Waals surface area (Å²) in [4.78, 5) is 73.0. The van der Waals surface area contributed by atoms with Crippen molar-refractivity contribution in [1.82, 2.24) is 0 Å². The first kappa shape index (κ1) is 97.5. The van der Waals surface area contributed by atoms with Crippen molar-refractivity contribution in [2.24, 2.45) is 5.92 Å². The minimum Gasteiger partial charge on any atom is -0.462 e. The van der Waals surface area contributed by atoms with E-state index in [0.29, 0.717) is 25.7 Å². The second-order valence-corrected chi connectivity index (χ2v) is 31.9. The van der Waals surface area contributed by atoms with Gasteiger partial charge >= 0.3 is 39.5 Å². The van der Waals surface area contributed by atoms with Crippen molar-refractivity contribution in [3.63, 3.8) is 0 Å². The fourth-order valence-electron chi connectivity index (χ4n) is 12.0. The van der Waals surface area contributed by atoms with Crippen LogP contribution in [0.3, 0.4) is 0 Å². The lowest BCUT2D eigenvalue weighted by atomic mass is 10.0. The van der Waals surface area contributed by atoms with Gasteiger partial charge in [-0.25, -0.2) is 9.13 Å². The molecule has 3 N–H and O–H groups in total. The molecule has 590 valence electrons. The average Bonchev–Trinajstić information content (AvgIpc) is 1.32. The van der Waals surface area contributed by atoms with E-state index in [0.717, 1.165) is 109 Å². The van der Waals surface area contributed by atoms with Gasteiger partial charge in [0.2, 0.25) is 0 Å². The molecule has 0 heterocycles. The van der Waals surface area contributed by atoms with Gasteiger partial charge in [0.15, 0.2) is 12.2 Å². The minimum atomic E-state index is -4.97. The molecule has 2 unspecified atom stereocenters. The van der Waals surface area contributed by atoms with E-state index in [2.05, 4.69) is 58.9 Å². The number of ether oxygens (including phenoxy) is 4. The predicted molar refractivity (Wildman–Crippen MR) is 409 cm³/mol. The van der Waals surface area contributed by atoms with E-state index in [1.54, 1.807) is 0 Å². The summed E-state index contributed by atoms with van der Waals surface area (Å²) < 4.78 is 68.7. The van der Waals surface area contributed by atoms with E-state index in [1.807, 2.05) is 0 Å². The maximum atomic E-state index is 13.1. The zero-order valence-electron chi connectivity index (χ0n) is 64.8. The minimum absolute atomic E-state index is 0.0856. The Morgan fingerprint density at radius 2 is 0.540 bits per heavy atom. The second-order valence-electron chi connectivity index (χ2n) is 29.0. The Hall–Kier alpha value is -2.46. The van der Waals surface area contributed by atoms with Crippen LogP contribution in [-0.2, 0) is 65.4 Å². The van der Waals surface area contributed by atoms with E-state index >= 15 is 0 Å². The van der Waals surface area contributed by atoms with Crippen LogP contribution in [0.4, 0.5) is 0 Å². The molecule has 0 aromatic heterocycles. The monoisotopic (exact) mass is 1460 g/mol. The number of aliphatic hydroxyl groups excluding tert-OH is 1. The van der Waals surface area contributed by atoms with Crippen LogP contribution in [0.5, 0.6) is 0 Å². The standard InChI is InChI=1S/C81H154O17P2/c1-6-9-12-15-18-21-24-26-28-29-31-35-40-45-50-55-60-65-79(84)92-71-77(98-81(86)67-62-57-52-47-42-37-33-32-34-39-43-48-53-58-63-74(4)5)73-96-100(89,90)94-69-75(82)68-93-99(87,88)95-72-76(70-91-78(83)64-59-54-49-44-38-23-20-17-14-11-8-3)97-80(85)66-61-56-51-46-41-36-30-27-25-22-19-16-13-10-7-2/h22,25,27,30,74-77,82H,6-21,23-24,26,28-29,31-73H2,1-5H3,(H,87,88)(H,89,90)/b25-22-,30-27-/t75-,76+,77+/m0/s1. The van der Waals surface area contributed by atoms with Crippen LogP contribution < -0.4 is 0 Å². The van der Waals surface area contributed by atoms with Crippen LogP contribution in [-0.4, -0.2) is 96.7 Å². The molecular formula is C81H154O17P2. The number of esters is 4. The molecule has 0 spiro atoms. The zero-order chi connectivity index (χ0) is 73.4. The topological polar surface area (TPSA) is 237 Å². The summed E-state index contributed by atoms with van der Waals surface area (Å²) in [6, 6.07) is 0. The van der Waals surface area contributed by atoms with Gasteiger partial charge in [-0.05, 0) is 57.3 Å². The summed E-state index contributed by atoms with van der Waals surface area (Å²) in [6.45, 7) is 7.28. The number of hydrogen-bond acceptors (Lipinski definition) is 15. The number of phosphoric ester groups is 2. The highest BCUT2D eigenvalue weighted by Crippen LogP contribution is 2.45. The van der Waals surface area contributed by atoms with E-state index in [9.17, 15) is 43.2 Å². The Morgan fingerprint density at radius 1 is 0.310 bits per heavy atom. The first-order valence-electron chi connectivity index (χ1n) is 41.5. The number of carbonyl (C=O) groups excluding carboxylic acids is 4. The molecule has 0 rings (SSSR count). The van der Waals surface area contributed by atoms with Crippen LogP contribution in [0.2, 0.25) is 0 Å². The third kappa shape index (κ3) is 73.8. The van der Waals surface area contributed by atoms with Crippen molar-refractivity contribution >= 4 is 39.5 Å². The highest BCUT2D eigenvalue weighted by atomic mass is 31.2.